The maximum absolute atomic E-state index is 11.6. The number of carbonyl (C=O) groups is 1. The molecule has 1 aromatic heterocycles. The zero-order valence-corrected chi connectivity index (χ0v) is 12.4. The van der Waals surface area contributed by atoms with Crippen molar-refractivity contribution in [1.29, 1.82) is 0 Å². The average Bonchev–Trinajstić information content (AvgIpc) is 2.99. The van der Waals surface area contributed by atoms with Crippen molar-refractivity contribution >= 4 is 18.4 Å². The number of halogens is 1. The normalized spacial score (nSPS) is 25.5. The monoisotopic (exact) mass is 299 g/mol. The molecule has 0 bridgehead atoms. The molecule has 3 rings (SSSR count). The van der Waals surface area contributed by atoms with E-state index in [0.29, 0.717) is 6.54 Å². The van der Waals surface area contributed by atoms with Crippen LogP contribution >= 0.6 is 12.4 Å². The Morgan fingerprint density at radius 1 is 1.40 bits per heavy atom. The molecule has 1 aliphatic heterocycles. The Bertz CT molecular complexity index is 440. The number of aliphatic carboxylic acids is 1. The third-order valence-electron chi connectivity index (χ3n) is 4.83. The first-order valence-corrected chi connectivity index (χ1v) is 7.17. The summed E-state index contributed by atoms with van der Waals surface area (Å²) in [6.45, 7) is 2.30. The summed E-state index contributed by atoms with van der Waals surface area (Å²) in [5.74, 6) is 0.101. The molecule has 1 spiro atoms. The fourth-order valence-corrected chi connectivity index (χ4v) is 3.92. The minimum Gasteiger partial charge on any atom is -0.481 e. The number of furan rings is 1. The van der Waals surface area contributed by atoms with Crippen LogP contribution in [-0.4, -0.2) is 29.1 Å². The number of hydrogen-bond acceptors (Lipinski definition) is 3. The lowest BCUT2D eigenvalue weighted by molar-refractivity contribution is -0.145. The zero-order chi connectivity index (χ0) is 13.3. The Labute approximate surface area is 125 Å². The van der Waals surface area contributed by atoms with E-state index >= 15 is 0 Å². The van der Waals surface area contributed by atoms with Gasteiger partial charge in [-0.05, 0) is 30.4 Å². The number of hydrogen-bond donors (Lipinski definition) is 1. The molecule has 1 unspecified atom stereocenters. The van der Waals surface area contributed by atoms with Gasteiger partial charge >= 0.3 is 5.97 Å². The van der Waals surface area contributed by atoms with Crippen LogP contribution in [0.1, 0.15) is 37.9 Å². The van der Waals surface area contributed by atoms with E-state index in [4.69, 9.17) is 4.42 Å². The quantitative estimate of drug-likeness (QED) is 0.931. The topological polar surface area (TPSA) is 53.7 Å². The van der Waals surface area contributed by atoms with Crippen molar-refractivity contribution in [3.05, 3.63) is 24.2 Å². The number of likely N-dealkylation sites (tertiary alicyclic amines) is 1. The van der Waals surface area contributed by atoms with Gasteiger partial charge in [-0.1, -0.05) is 19.3 Å². The van der Waals surface area contributed by atoms with Gasteiger partial charge in [0.05, 0.1) is 18.7 Å². The SMILES string of the molecule is Cl.O=C(O)C1CN(Cc2ccco2)CC12CCCCC2. The first kappa shape index (κ1) is 15.4. The highest BCUT2D eigenvalue weighted by Gasteiger charge is 2.50. The summed E-state index contributed by atoms with van der Waals surface area (Å²) in [5.41, 5.74) is 0.0106. The summed E-state index contributed by atoms with van der Waals surface area (Å²) >= 11 is 0. The third kappa shape index (κ3) is 2.86. The van der Waals surface area contributed by atoms with Crippen LogP contribution in [0.15, 0.2) is 22.8 Å². The number of carboxylic acids is 1. The Hall–Kier alpha value is -1.00. The van der Waals surface area contributed by atoms with E-state index < -0.39 is 5.97 Å². The highest BCUT2D eigenvalue weighted by Crippen LogP contribution is 2.47. The van der Waals surface area contributed by atoms with Crippen molar-refractivity contribution in [3.63, 3.8) is 0 Å². The smallest absolute Gasteiger partial charge is 0.308 e. The number of carboxylic acid groups (broad SMARTS) is 1. The van der Waals surface area contributed by atoms with Gasteiger partial charge in [-0.25, -0.2) is 0 Å². The summed E-state index contributed by atoms with van der Waals surface area (Å²) in [4.78, 5) is 13.8. The molecule has 0 aromatic carbocycles. The van der Waals surface area contributed by atoms with Crippen molar-refractivity contribution in [1.82, 2.24) is 4.90 Å². The van der Waals surface area contributed by atoms with E-state index in [1.54, 1.807) is 6.26 Å². The molecule has 1 saturated carbocycles. The van der Waals surface area contributed by atoms with Crippen molar-refractivity contribution in [2.45, 2.75) is 38.6 Å². The van der Waals surface area contributed by atoms with Crippen LogP contribution in [0.25, 0.3) is 0 Å². The summed E-state index contributed by atoms with van der Waals surface area (Å²) in [7, 11) is 0. The second kappa shape index (κ2) is 6.19. The van der Waals surface area contributed by atoms with E-state index in [1.807, 2.05) is 12.1 Å². The number of nitrogens with zero attached hydrogens (tertiary/aromatic N) is 1. The summed E-state index contributed by atoms with van der Waals surface area (Å²) in [6.07, 6.45) is 7.43. The molecule has 1 N–H and O–H groups in total. The van der Waals surface area contributed by atoms with Crippen LogP contribution < -0.4 is 0 Å². The van der Waals surface area contributed by atoms with Gasteiger partial charge in [0.1, 0.15) is 5.76 Å². The molecule has 112 valence electrons. The molecule has 2 aliphatic rings. The molecule has 2 fully saturated rings. The highest BCUT2D eigenvalue weighted by molar-refractivity contribution is 5.85. The fraction of sp³-hybridized carbons (Fsp3) is 0.667. The molecule has 0 amide bonds. The molecule has 5 heteroatoms. The van der Waals surface area contributed by atoms with Gasteiger partial charge in [0.2, 0.25) is 0 Å². The Morgan fingerprint density at radius 3 is 2.75 bits per heavy atom. The summed E-state index contributed by atoms with van der Waals surface area (Å²) in [5, 5.41) is 9.52. The van der Waals surface area contributed by atoms with Gasteiger partial charge in [0.15, 0.2) is 0 Å². The Kier molecular flexibility index (Phi) is 4.76. The second-order valence-electron chi connectivity index (χ2n) is 6.06. The molecule has 4 nitrogen and oxygen atoms in total. The fourth-order valence-electron chi connectivity index (χ4n) is 3.92. The van der Waals surface area contributed by atoms with Crippen molar-refractivity contribution in [2.75, 3.05) is 13.1 Å². The first-order chi connectivity index (χ1) is 9.20. The van der Waals surface area contributed by atoms with E-state index in [9.17, 15) is 9.90 Å². The summed E-state index contributed by atoms with van der Waals surface area (Å²) < 4.78 is 5.38. The molecular formula is C15H22ClNO3. The standard InChI is InChI=1S/C15H21NO3.ClH/c17-14(18)13-10-16(9-12-5-4-8-19-12)11-15(13)6-2-1-3-7-15;/h4-5,8,13H,1-3,6-7,9-11H2,(H,17,18);1H. The maximum atomic E-state index is 11.6. The third-order valence-corrected chi connectivity index (χ3v) is 4.83. The molecule has 20 heavy (non-hydrogen) atoms. The minimum atomic E-state index is -0.621. The van der Waals surface area contributed by atoms with Crippen LogP contribution in [0.5, 0.6) is 0 Å². The largest absolute Gasteiger partial charge is 0.481 e. The predicted molar refractivity (Wildman–Crippen MR) is 77.9 cm³/mol. The average molecular weight is 300 g/mol. The lowest BCUT2D eigenvalue weighted by Crippen LogP contribution is -2.36. The van der Waals surface area contributed by atoms with E-state index in [2.05, 4.69) is 4.90 Å². The maximum Gasteiger partial charge on any atom is 0.308 e. The van der Waals surface area contributed by atoms with Crippen LogP contribution in [0.4, 0.5) is 0 Å². The predicted octanol–water partition coefficient (Wildman–Crippen LogP) is 3.17. The molecule has 1 atom stereocenters. The van der Waals surface area contributed by atoms with Gasteiger partial charge in [-0.2, -0.15) is 0 Å². The van der Waals surface area contributed by atoms with E-state index in [-0.39, 0.29) is 23.7 Å². The van der Waals surface area contributed by atoms with Crippen molar-refractivity contribution < 1.29 is 14.3 Å². The molecule has 1 aliphatic carbocycles. The zero-order valence-electron chi connectivity index (χ0n) is 11.6. The van der Waals surface area contributed by atoms with Crippen molar-refractivity contribution in [3.8, 4) is 0 Å². The molecule has 2 heterocycles. The van der Waals surface area contributed by atoms with Crippen molar-refractivity contribution in [2.24, 2.45) is 11.3 Å². The molecule has 1 aromatic rings. The minimum absolute atomic E-state index is 0. The van der Waals surface area contributed by atoms with Gasteiger partial charge in [-0.15, -0.1) is 12.4 Å². The number of rotatable bonds is 3. The molecular weight excluding hydrogens is 278 g/mol. The summed E-state index contributed by atoms with van der Waals surface area (Å²) in [6, 6.07) is 3.85. The Balaban J connectivity index is 0.00000147. The van der Waals surface area contributed by atoms with Gasteiger partial charge < -0.3 is 9.52 Å². The van der Waals surface area contributed by atoms with Crippen LogP contribution in [0.2, 0.25) is 0 Å². The van der Waals surface area contributed by atoms with Gasteiger partial charge in [0, 0.05) is 13.1 Å². The van der Waals surface area contributed by atoms with Gasteiger partial charge in [0.25, 0.3) is 0 Å². The van der Waals surface area contributed by atoms with Gasteiger partial charge in [-0.3, -0.25) is 9.69 Å². The lowest BCUT2D eigenvalue weighted by Gasteiger charge is -2.36. The lowest BCUT2D eigenvalue weighted by atomic mass is 9.68. The second-order valence-corrected chi connectivity index (χ2v) is 6.06. The van der Waals surface area contributed by atoms with E-state index in [0.717, 1.165) is 31.7 Å². The van der Waals surface area contributed by atoms with E-state index in [1.165, 1.54) is 19.3 Å². The molecule has 1 saturated heterocycles. The highest BCUT2D eigenvalue weighted by atomic mass is 35.5. The van der Waals surface area contributed by atoms with Crippen LogP contribution in [0, 0.1) is 11.3 Å². The Morgan fingerprint density at radius 2 is 2.15 bits per heavy atom. The van der Waals surface area contributed by atoms with Crippen LogP contribution in [-0.2, 0) is 11.3 Å². The molecule has 0 radical (unpaired) electrons. The first-order valence-electron chi connectivity index (χ1n) is 7.17. The van der Waals surface area contributed by atoms with Crippen LogP contribution in [0.3, 0.4) is 0 Å².